The van der Waals surface area contributed by atoms with E-state index in [1.165, 1.54) is 0 Å². The topological polar surface area (TPSA) is 34.9 Å². The Morgan fingerprint density at radius 1 is 1.44 bits per heavy atom. The average molecular weight is 214 g/mol. The molecule has 0 amide bonds. The summed E-state index contributed by atoms with van der Waals surface area (Å²) < 4.78 is 1.84. The fraction of sp³-hybridized carbons (Fsp3) is 0.385. The van der Waals surface area contributed by atoms with Crippen molar-refractivity contribution in [2.24, 2.45) is 0 Å². The molecule has 2 aromatic rings. The van der Waals surface area contributed by atoms with Gasteiger partial charge < -0.3 is 0 Å². The number of benzene rings is 1. The zero-order valence-corrected chi connectivity index (χ0v) is 9.31. The van der Waals surface area contributed by atoms with E-state index in [1.807, 2.05) is 28.8 Å². The molecule has 0 spiro atoms. The predicted octanol–water partition coefficient (Wildman–Crippen LogP) is 2.29. The highest BCUT2D eigenvalue weighted by Crippen LogP contribution is 2.28. The molecular weight excluding hydrogens is 200 g/mol. The lowest BCUT2D eigenvalue weighted by molar-refractivity contribution is 0.638. The van der Waals surface area contributed by atoms with Gasteiger partial charge in [-0.3, -0.25) is 9.36 Å². The van der Waals surface area contributed by atoms with Crippen LogP contribution in [-0.4, -0.2) is 9.55 Å². The lowest BCUT2D eigenvalue weighted by atomic mass is 10.1. The summed E-state index contributed by atoms with van der Waals surface area (Å²) in [5.74, 6) is 1.43. The zero-order valence-electron chi connectivity index (χ0n) is 9.31. The van der Waals surface area contributed by atoms with Gasteiger partial charge >= 0.3 is 0 Å². The highest BCUT2D eigenvalue weighted by molar-refractivity contribution is 5.77. The van der Waals surface area contributed by atoms with Crippen LogP contribution in [0.25, 0.3) is 10.9 Å². The van der Waals surface area contributed by atoms with Crippen molar-refractivity contribution in [3.8, 4) is 0 Å². The zero-order chi connectivity index (χ0) is 11.1. The predicted molar refractivity (Wildman–Crippen MR) is 63.7 cm³/mol. The minimum atomic E-state index is 0.122. The first-order chi connectivity index (χ1) is 7.81. The van der Waals surface area contributed by atoms with Crippen LogP contribution in [0, 0.1) is 0 Å². The minimum absolute atomic E-state index is 0.122. The van der Waals surface area contributed by atoms with Gasteiger partial charge in [0.2, 0.25) is 0 Å². The van der Waals surface area contributed by atoms with Gasteiger partial charge in [-0.05, 0) is 25.0 Å². The molecule has 0 aliphatic carbocycles. The molecule has 3 heteroatoms. The molecule has 2 heterocycles. The van der Waals surface area contributed by atoms with Crippen LogP contribution < -0.4 is 5.56 Å². The van der Waals surface area contributed by atoms with Crippen molar-refractivity contribution in [1.82, 2.24) is 9.55 Å². The fourth-order valence-corrected chi connectivity index (χ4v) is 2.51. The summed E-state index contributed by atoms with van der Waals surface area (Å²) in [6.07, 6.45) is 2.11. The molecule has 1 aromatic carbocycles. The van der Waals surface area contributed by atoms with E-state index in [2.05, 4.69) is 11.9 Å². The lowest BCUT2D eigenvalue weighted by Gasteiger charge is -2.08. The van der Waals surface area contributed by atoms with E-state index in [0.29, 0.717) is 5.92 Å². The van der Waals surface area contributed by atoms with Gasteiger partial charge in [0, 0.05) is 12.5 Å². The summed E-state index contributed by atoms with van der Waals surface area (Å²) in [4.78, 5) is 16.8. The molecule has 1 aliphatic heterocycles. The molecule has 0 bridgehead atoms. The second kappa shape index (κ2) is 3.44. The number of para-hydroxylation sites is 1. The van der Waals surface area contributed by atoms with Crippen LogP contribution in [0.1, 0.15) is 31.5 Å². The summed E-state index contributed by atoms with van der Waals surface area (Å²) in [7, 11) is 0. The second-order valence-corrected chi connectivity index (χ2v) is 4.34. The number of nitrogens with zero attached hydrogens (tertiary/aromatic N) is 2. The Morgan fingerprint density at radius 3 is 3.06 bits per heavy atom. The van der Waals surface area contributed by atoms with E-state index in [0.717, 1.165) is 36.1 Å². The number of rotatable bonds is 1. The maximum atomic E-state index is 12.2. The molecule has 0 N–H and O–H groups in total. The third-order valence-corrected chi connectivity index (χ3v) is 3.45. The Kier molecular flexibility index (Phi) is 2.06. The molecule has 1 aliphatic rings. The van der Waals surface area contributed by atoms with Gasteiger partial charge in [-0.1, -0.05) is 19.1 Å². The Hall–Kier alpha value is -1.64. The van der Waals surface area contributed by atoms with Gasteiger partial charge in [-0.2, -0.15) is 0 Å². The molecule has 0 saturated carbocycles. The first kappa shape index (κ1) is 9.58. The Labute approximate surface area is 93.7 Å². The Balaban J connectivity index is 2.36. The lowest BCUT2D eigenvalue weighted by Crippen LogP contribution is -2.21. The van der Waals surface area contributed by atoms with E-state index >= 15 is 0 Å². The van der Waals surface area contributed by atoms with Gasteiger partial charge in [0.25, 0.3) is 5.56 Å². The third kappa shape index (κ3) is 1.21. The highest BCUT2D eigenvalue weighted by atomic mass is 16.1. The number of hydrogen-bond donors (Lipinski definition) is 0. The third-order valence-electron chi connectivity index (χ3n) is 3.45. The van der Waals surface area contributed by atoms with Gasteiger partial charge in [0.15, 0.2) is 0 Å². The largest absolute Gasteiger partial charge is 0.296 e. The van der Waals surface area contributed by atoms with Crippen molar-refractivity contribution in [3.63, 3.8) is 0 Å². The second-order valence-electron chi connectivity index (χ2n) is 4.34. The first-order valence-corrected chi connectivity index (χ1v) is 5.80. The minimum Gasteiger partial charge on any atom is -0.296 e. The van der Waals surface area contributed by atoms with Crippen molar-refractivity contribution in [2.45, 2.75) is 32.2 Å². The SMILES string of the molecule is CCC1CCn2c1nc1ccccc1c2=O. The maximum Gasteiger partial charge on any atom is 0.261 e. The molecule has 0 fully saturated rings. The van der Waals surface area contributed by atoms with Crippen molar-refractivity contribution in [3.05, 3.63) is 40.4 Å². The quantitative estimate of drug-likeness (QED) is 0.730. The molecule has 3 nitrogen and oxygen atoms in total. The van der Waals surface area contributed by atoms with Crippen molar-refractivity contribution in [1.29, 1.82) is 0 Å². The van der Waals surface area contributed by atoms with Gasteiger partial charge in [-0.25, -0.2) is 4.98 Å². The van der Waals surface area contributed by atoms with Crippen molar-refractivity contribution in [2.75, 3.05) is 0 Å². The average Bonchev–Trinajstić information content (AvgIpc) is 2.72. The van der Waals surface area contributed by atoms with E-state index in [1.54, 1.807) is 0 Å². The van der Waals surface area contributed by atoms with Crippen LogP contribution in [0.4, 0.5) is 0 Å². The molecule has 82 valence electrons. The Bertz CT molecular complexity index is 600. The van der Waals surface area contributed by atoms with Crippen LogP contribution >= 0.6 is 0 Å². The van der Waals surface area contributed by atoms with Crippen LogP contribution in [0.2, 0.25) is 0 Å². The molecule has 1 atom stereocenters. The van der Waals surface area contributed by atoms with Gasteiger partial charge in [0.1, 0.15) is 5.82 Å². The van der Waals surface area contributed by atoms with Crippen LogP contribution in [0.3, 0.4) is 0 Å². The van der Waals surface area contributed by atoms with Crippen LogP contribution in [0.15, 0.2) is 29.1 Å². The molecule has 1 aromatic heterocycles. The number of aromatic nitrogens is 2. The number of fused-ring (bicyclic) bond motifs is 2. The summed E-state index contributed by atoms with van der Waals surface area (Å²) >= 11 is 0. The fourth-order valence-electron chi connectivity index (χ4n) is 2.51. The summed E-state index contributed by atoms with van der Waals surface area (Å²) in [6, 6.07) is 7.60. The first-order valence-electron chi connectivity index (χ1n) is 5.80. The monoisotopic (exact) mass is 214 g/mol. The van der Waals surface area contributed by atoms with E-state index in [4.69, 9.17) is 0 Å². The standard InChI is InChI=1S/C13H14N2O/c1-2-9-7-8-15-12(9)14-11-6-4-3-5-10(11)13(15)16/h3-6,9H,2,7-8H2,1H3. The van der Waals surface area contributed by atoms with Crippen LogP contribution in [-0.2, 0) is 6.54 Å². The van der Waals surface area contributed by atoms with E-state index in [-0.39, 0.29) is 5.56 Å². The molecule has 3 rings (SSSR count). The normalized spacial score (nSPS) is 18.9. The maximum absolute atomic E-state index is 12.2. The molecule has 16 heavy (non-hydrogen) atoms. The van der Waals surface area contributed by atoms with E-state index in [9.17, 15) is 4.79 Å². The molecule has 1 unspecified atom stereocenters. The van der Waals surface area contributed by atoms with Crippen molar-refractivity contribution < 1.29 is 0 Å². The highest BCUT2D eigenvalue weighted by Gasteiger charge is 2.24. The molecule has 0 saturated heterocycles. The summed E-state index contributed by atoms with van der Waals surface area (Å²) in [5, 5.41) is 0.739. The van der Waals surface area contributed by atoms with Crippen molar-refractivity contribution >= 4 is 10.9 Å². The Morgan fingerprint density at radius 2 is 2.25 bits per heavy atom. The van der Waals surface area contributed by atoms with Gasteiger partial charge in [-0.15, -0.1) is 0 Å². The van der Waals surface area contributed by atoms with Crippen LogP contribution in [0.5, 0.6) is 0 Å². The summed E-state index contributed by atoms with van der Waals surface area (Å²) in [6.45, 7) is 2.98. The molecular formula is C13H14N2O. The number of hydrogen-bond acceptors (Lipinski definition) is 2. The summed E-state index contributed by atoms with van der Waals surface area (Å²) in [5.41, 5.74) is 0.954. The molecule has 0 radical (unpaired) electrons. The smallest absolute Gasteiger partial charge is 0.261 e. The van der Waals surface area contributed by atoms with E-state index < -0.39 is 0 Å². The van der Waals surface area contributed by atoms with Gasteiger partial charge in [0.05, 0.1) is 10.9 Å².